The second kappa shape index (κ2) is 11.4. The highest BCUT2D eigenvalue weighted by Crippen LogP contribution is 2.33. The highest BCUT2D eigenvalue weighted by Gasteiger charge is 2.31. The maximum Gasteiger partial charge on any atom is 0.416 e. The first-order chi connectivity index (χ1) is 17.3. The number of nitrogens with one attached hydrogen (secondary N) is 2. The van der Waals surface area contributed by atoms with Gasteiger partial charge in [0.2, 0.25) is 0 Å². The normalized spacial score (nSPS) is 11.4. The van der Waals surface area contributed by atoms with Gasteiger partial charge in [0.25, 0.3) is 0 Å². The lowest BCUT2D eigenvalue weighted by Gasteiger charge is -2.17. The molecule has 0 amide bonds. The van der Waals surface area contributed by atoms with Crippen molar-refractivity contribution in [3.8, 4) is 0 Å². The van der Waals surface area contributed by atoms with Crippen LogP contribution in [0.4, 0.5) is 18.9 Å². The monoisotopic (exact) mass is 521 g/mol. The number of fused-ring (bicyclic) bond motifs is 1. The number of anilines is 1. The number of benzene rings is 1. The van der Waals surface area contributed by atoms with E-state index in [-0.39, 0.29) is 46.1 Å². The zero-order valence-corrected chi connectivity index (χ0v) is 21.7. The van der Waals surface area contributed by atoms with Gasteiger partial charge in [-0.15, -0.1) is 0 Å². The van der Waals surface area contributed by atoms with E-state index in [9.17, 15) is 22.8 Å². The Morgan fingerprint density at radius 1 is 1.14 bits per heavy atom. The predicted molar refractivity (Wildman–Crippen MR) is 133 cm³/mol. The highest BCUT2D eigenvalue weighted by molar-refractivity contribution is 6.14. The van der Waals surface area contributed by atoms with E-state index in [1.165, 1.54) is 37.2 Å². The Morgan fingerprint density at radius 3 is 2.32 bits per heavy atom. The van der Waals surface area contributed by atoms with Gasteiger partial charge < -0.3 is 14.8 Å². The minimum Gasteiger partial charge on any atom is -0.465 e. The Labute approximate surface area is 212 Å². The Bertz CT molecular complexity index is 1310. The van der Waals surface area contributed by atoms with Crippen LogP contribution >= 0.6 is 0 Å². The molecule has 0 aliphatic rings. The molecule has 0 saturated carbocycles. The Balaban J connectivity index is 0.00000235. The number of ether oxygens (including phenoxy) is 2. The number of rotatable bonds is 6. The predicted octanol–water partition coefficient (Wildman–Crippen LogP) is 5.27. The smallest absolute Gasteiger partial charge is 0.416 e. The average Bonchev–Trinajstić information content (AvgIpc) is 3.23. The molecule has 0 bridgehead atoms. The third-order valence-corrected chi connectivity index (χ3v) is 5.06. The fourth-order valence-corrected chi connectivity index (χ4v) is 3.16. The number of alkyl halides is 3. The lowest BCUT2D eigenvalue weighted by molar-refractivity contribution is -0.156. The summed E-state index contributed by atoms with van der Waals surface area (Å²) in [4.78, 5) is 33.1. The van der Waals surface area contributed by atoms with Crippen LogP contribution in [0.1, 0.15) is 61.8 Å². The molecule has 2 aromatic heterocycles. The topological polar surface area (TPSA) is 119 Å². The average molecular weight is 522 g/mol. The number of hydrogen-bond acceptors (Lipinski definition) is 8. The molecular weight excluding hydrogens is 491 g/mol. The molecule has 0 radical (unpaired) electrons. The minimum atomic E-state index is -4.54. The maximum atomic E-state index is 13.1. The first kappa shape index (κ1) is 29.3. The van der Waals surface area contributed by atoms with Crippen molar-refractivity contribution in [2.75, 3.05) is 19.5 Å². The van der Waals surface area contributed by atoms with E-state index in [1.54, 1.807) is 20.8 Å². The molecule has 3 rings (SSSR count). The molecule has 0 aliphatic carbocycles. The summed E-state index contributed by atoms with van der Waals surface area (Å²) in [6.07, 6.45) is -1.91. The fourth-order valence-electron chi connectivity index (χ4n) is 3.16. The van der Waals surface area contributed by atoms with E-state index in [2.05, 4.69) is 15.3 Å². The van der Waals surface area contributed by atoms with Crippen molar-refractivity contribution in [3.63, 3.8) is 0 Å². The van der Waals surface area contributed by atoms with E-state index in [0.29, 0.717) is 0 Å². The summed E-state index contributed by atoms with van der Waals surface area (Å²) in [5, 5.41) is 11.2. The number of esters is 2. The molecule has 37 heavy (non-hydrogen) atoms. The van der Waals surface area contributed by atoms with Gasteiger partial charge in [0.15, 0.2) is 12.4 Å². The molecule has 3 aromatic rings. The lowest BCUT2D eigenvalue weighted by Crippen LogP contribution is -2.24. The Hall–Kier alpha value is -3.96. The van der Waals surface area contributed by atoms with E-state index >= 15 is 0 Å². The van der Waals surface area contributed by atoms with Crippen molar-refractivity contribution < 1.29 is 32.2 Å². The van der Waals surface area contributed by atoms with Gasteiger partial charge in [-0.3, -0.25) is 14.8 Å². The van der Waals surface area contributed by atoms with Gasteiger partial charge in [0.1, 0.15) is 16.8 Å². The van der Waals surface area contributed by atoms with Gasteiger partial charge in [0, 0.05) is 24.5 Å². The standard InChI is InChI=1S/C23H24F3N5O4.C2H6/c1-22(2,3)21(33)35-11-31-10-14(20(32)34-5)18-19(31)29-9-16(30-18)17(27)13-7-6-12(23(24,25)26)8-15(13)28-4;1-2/h6-10,27-28H,11H2,1-5H3;1-2H3. The van der Waals surface area contributed by atoms with Crippen LogP contribution in [0.3, 0.4) is 0 Å². The molecule has 0 atom stereocenters. The van der Waals surface area contributed by atoms with E-state index < -0.39 is 29.1 Å². The molecule has 2 N–H and O–H groups in total. The van der Waals surface area contributed by atoms with Crippen LogP contribution in [-0.2, 0) is 27.2 Å². The number of methoxy groups -OCH3 is 1. The quantitative estimate of drug-likeness (QED) is 0.335. The third kappa shape index (κ3) is 6.43. The Morgan fingerprint density at radius 2 is 1.78 bits per heavy atom. The molecule has 0 saturated heterocycles. The summed E-state index contributed by atoms with van der Waals surface area (Å²) in [5.74, 6) is -1.19. The molecule has 1 aromatic carbocycles. The van der Waals surface area contributed by atoms with Crippen molar-refractivity contribution in [2.24, 2.45) is 5.41 Å². The van der Waals surface area contributed by atoms with Crippen LogP contribution in [0, 0.1) is 10.8 Å². The summed E-state index contributed by atoms with van der Waals surface area (Å²) >= 11 is 0. The number of nitrogens with zero attached hydrogens (tertiary/aromatic N) is 3. The second-order valence-corrected chi connectivity index (χ2v) is 8.63. The van der Waals surface area contributed by atoms with Gasteiger partial charge >= 0.3 is 18.1 Å². The van der Waals surface area contributed by atoms with Gasteiger partial charge in [-0.25, -0.2) is 14.8 Å². The molecule has 0 fully saturated rings. The third-order valence-electron chi connectivity index (χ3n) is 5.06. The molecule has 200 valence electrons. The van der Waals surface area contributed by atoms with Gasteiger partial charge in [-0.2, -0.15) is 13.2 Å². The second-order valence-electron chi connectivity index (χ2n) is 8.63. The first-order valence-electron chi connectivity index (χ1n) is 11.4. The SMILES string of the molecule is CC.CNc1cc(C(F)(F)F)ccc1C(=N)c1cnc2c(n1)c(C(=O)OC)cn2COC(=O)C(C)(C)C. The number of halogens is 3. The molecule has 0 unspecified atom stereocenters. The summed E-state index contributed by atoms with van der Waals surface area (Å²) in [7, 11) is 2.63. The van der Waals surface area contributed by atoms with Gasteiger partial charge in [-0.1, -0.05) is 19.9 Å². The molecule has 2 heterocycles. The Kier molecular flexibility index (Phi) is 9.02. The summed E-state index contributed by atoms with van der Waals surface area (Å²) < 4.78 is 50.8. The zero-order chi connectivity index (χ0) is 28.1. The van der Waals surface area contributed by atoms with Crippen molar-refractivity contribution in [1.29, 1.82) is 5.41 Å². The highest BCUT2D eigenvalue weighted by atomic mass is 19.4. The van der Waals surface area contributed by atoms with Gasteiger partial charge in [0.05, 0.1) is 30.0 Å². The number of hydrogen-bond donors (Lipinski definition) is 2. The van der Waals surface area contributed by atoms with Crippen LogP contribution in [0.25, 0.3) is 11.2 Å². The van der Waals surface area contributed by atoms with Crippen molar-refractivity contribution >= 4 is 34.5 Å². The summed E-state index contributed by atoms with van der Waals surface area (Å²) in [6.45, 7) is 8.85. The first-order valence-corrected chi connectivity index (χ1v) is 11.4. The largest absolute Gasteiger partial charge is 0.465 e. The molecule has 0 aliphatic heterocycles. The fraction of sp³-hybridized carbons (Fsp3) is 0.400. The van der Waals surface area contributed by atoms with Crippen molar-refractivity contribution in [3.05, 3.63) is 53.0 Å². The van der Waals surface area contributed by atoms with Crippen LogP contribution < -0.4 is 5.32 Å². The van der Waals surface area contributed by atoms with E-state index in [1.807, 2.05) is 13.8 Å². The van der Waals surface area contributed by atoms with Crippen LogP contribution in [0.15, 0.2) is 30.6 Å². The van der Waals surface area contributed by atoms with Crippen molar-refractivity contribution in [1.82, 2.24) is 14.5 Å². The van der Waals surface area contributed by atoms with Crippen LogP contribution in [-0.4, -0.2) is 46.3 Å². The van der Waals surface area contributed by atoms with E-state index in [0.717, 1.165) is 12.1 Å². The molecule has 9 nitrogen and oxygen atoms in total. The molecular formula is C25H30F3N5O4. The van der Waals surface area contributed by atoms with Gasteiger partial charge in [-0.05, 0) is 32.9 Å². The van der Waals surface area contributed by atoms with Crippen LogP contribution in [0.2, 0.25) is 0 Å². The maximum absolute atomic E-state index is 13.1. The molecule has 0 spiro atoms. The van der Waals surface area contributed by atoms with E-state index in [4.69, 9.17) is 14.9 Å². The molecule has 12 heteroatoms. The number of carbonyl (C=O) groups is 2. The summed E-state index contributed by atoms with van der Waals surface area (Å²) in [6, 6.07) is 2.94. The number of carbonyl (C=O) groups excluding carboxylic acids is 2. The number of aromatic nitrogens is 3. The summed E-state index contributed by atoms with van der Waals surface area (Å²) in [5.41, 5.74) is -1.25. The lowest BCUT2D eigenvalue weighted by atomic mass is 9.98. The zero-order valence-electron chi connectivity index (χ0n) is 21.7. The van der Waals surface area contributed by atoms with Crippen molar-refractivity contribution in [2.45, 2.75) is 47.5 Å². The van der Waals surface area contributed by atoms with Crippen LogP contribution in [0.5, 0.6) is 0 Å². The minimum absolute atomic E-state index is 0.0170.